The Morgan fingerprint density at radius 3 is 2.67 bits per heavy atom. The van der Waals surface area contributed by atoms with Crippen molar-refractivity contribution in [1.29, 1.82) is 0 Å². The number of hydrogen-bond donors (Lipinski definition) is 0. The number of ketones is 1. The number of aromatic nitrogens is 1. The maximum Gasteiger partial charge on any atom is 0.231 e. The molecule has 2 aromatic carbocycles. The van der Waals surface area contributed by atoms with E-state index >= 15 is 0 Å². The molecular weight excluding hydrogens is 380 g/mol. The molecule has 1 aliphatic rings. The number of Topliss-reactive ketones (excluding diaryl/α,β-unsaturated/α-hetero) is 1. The van der Waals surface area contributed by atoms with Gasteiger partial charge in [-0.25, -0.2) is 0 Å². The summed E-state index contributed by atoms with van der Waals surface area (Å²) in [6.45, 7) is 5.18. The molecule has 2 heterocycles. The third-order valence-corrected chi connectivity index (χ3v) is 5.39. The zero-order valence-corrected chi connectivity index (χ0v) is 17.8. The Labute approximate surface area is 176 Å². The second-order valence-corrected chi connectivity index (χ2v) is 7.57. The highest BCUT2D eigenvalue weighted by atomic mass is 16.7. The summed E-state index contributed by atoms with van der Waals surface area (Å²) in [5.74, 6) is 2.39. The van der Waals surface area contributed by atoms with E-state index in [1.54, 1.807) is 7.11 Å². The molecule has 0 spiro atoms. The number of aryl methyl sites for hydroxylation is 1. The van der Waals surface area contributed by atoms with Crippen molar-refractivity contribution in [2.24, 2.45) is 0 Å². The Bertz CT molecular complexity index is 1090. The van der Waals surface area contributed by atoms with Gasteiger partial charge in [-0.1, -0.05) is 18.2 Å². The third-order valence-electron chi connectivity index (χ3n) is 5.39. The molecule has 0 fully saturated rings. The van der Waals surface area contributed by atoms with Crippen LogP contribution >= 0.6 is 0 Å². The number of hydrogen-bond acceptors (Lipinski definition) is 5. The van der Waals surface area contributed by atoms with E-state index in [2.05, 4.69) is 4.57 Å². The summed E-state index contributed by atoms with van der Waals surface area (Å²) in [5.41, 5.74) is 4.66. The van der Waals surface area contributed by atoms with Crippen LogP contribution in [0.25, 0.3) is 5.69 Å². The largest absolute Gasteiger partial charge is 0.496 e. The molecule has 1 aromatic heterocycles. The van der Waals surface area contributed by atoms with Crippen LogP contribution in [0.5, 0.6) is 17.2 Å². The molecule has 6 heteroatoms. The Kier molecular flexibility index (Phi) is 5.50. The van der Waals surface area contributed by atoms with Gasteiger partial charge >= 0.3 is 0 Å². The van der Waals surface area contributed by atoms with E-state index in [9.17, 15) is 4.79 Å². The van der Waals surface area contributed by atoms with Crippen molar-refractivity contribution in [2.45, 2.75) is 20.4 Å². The quantitative estimate of drug-likeness (QED) is 0.552. The van der Waals surface area contributed by atoms with Crippen molar-refractivity contribution in [1.82, 2.24) is 9.47 Å². The van der Waals surface area contributed by atoms with Crippen LogP contribution in [-0.2, 0) is 6.54 Å². The number of ether oxygens (including phenoxy) is 3. The highest BCUT2D eigenvalue weighted by molar-refractivity contribution is 5.99. The highest BCUT2D eigenvalue weighted by Crippen LogP contribution is 2.35. The van der Waals surface area contributed by atoms with Gasteiger partial charge in [0.25, 0.3) is 0 Å². The number of fused-ring (bicyclic) bond motifs is 1. The van der Waals surface area contributed by atoms with E-state index in [1.807, 2.05) is 74.3 Å². The molecule has 3 aromatic rings. The summed E-state index contributed by atoms with van der Waals surface area (Å²) >= 11 is 0. The molecule has 0 unspecified atom stereocenters. The van der Waals surface area contributed by atoms with Gasteiger partial charge < -0.3 is 18.8 Å². The maximum absolute atomic E-state index is 13.1. The lowest BCUT2D eigenvalue weighted by Crippen LogP contribution is -2.26. The summed E-state index contributed by atoms with van der Waals surface area (Å²) in [6, 6.07) is 15.7. The number of carbonyl (C=O) groups is 1. The van der Waals surface area contributed by atoms with Gasteiger partial charge in [0.2, 0.25) is 6.79 Å². The first kappa shape index (κ1) is 20.0. The molecule has 0 bridgehead atoms. The van der Waals surface area contributed by atoms with Crippen LogP contribution in [0.2, 0.25) is 0 Å². The molecule has 0 aliphatic carbocycles. The zero-order chi connectivity index (χ0) is 21.3. The molecule has 0 N–H and O–H groups in total. The average Bonchev–Trinajstić information content (AvgIpc) is 3.31. The summed E-state index contributed by atoms with van der Waals surface area (Å²) in [4.78, 5) is 15.1. The third kappa shape index (κ3) is 3.78. The van der Waals surface area contributed by atoms with Crippen molar-refractivity contribution in [3.05, 3.63) is 71.0 Å². The van der Waals surface area contributed by atoms with Gasteiger partial charge in [0.1, 0.15) is 5.75 Å². The number of likely N-dealkylation sites (N-methyl/N-ethyl adjacent to an activating group) is 1. The normalized spacial score (nSPS) is 12.4. The number of nitrogens with zero attached hydrogens (tertiary/aromatic N) is 2. The van der Waals surface area contributed by atoms with Crippen LogP contribution < -0.4 is 14.2 Å². The van der Waals surface area contributed by atoms with Gasteiger partial charge in [-0.05, 0) is 45.2 Å². The number of para-hydroxylation sites is 1. The predicted molar refractivity (Wildman–Crippen MR) is 115 cm³/mol. The van der Waals surface area contributed by atoms with Crippen molar-refractivity contribution in [3.63, 3.8) is 0 Å². The Morgan fingerprint density at radius 1 is 1.10 bits per heavy atom. The summed E-state index contributed by atoms with van der Waals surface area (Å²) in [6.07, 6.45) is 0. The van der Waals surface area contributed by atoms with E-state index in [0.29, 0.717) is 13.1 Å². The fourth-order valence-electron chi connectivity index (χ4n) is 3.98. The first-order valence-electron chi connectivity index (χ1n) is 9.90. The number of rotatable bonds is 7. The van der Waals surface area contributed by atoms with Crippen LogP contribution in [0.3, 0.4) is 0 Å². The molecule has 0 radical (unpaired) electrons. The van der Waals surface area contributed by atoms with Crippen molar-refractivity contribution >= 4 is 5.78 Å². The molecule has 156 valence electrons. The monoisotopic (exact) mass is 406 g/mol. The zero-order valence-electron chi connectivity index (χ0n) is 17.8. The maximum atomic E-state index is 13.1. The molecule has 0 saturated carbocycles. The predicted octanol–water partition coefficient (Wildman–Crippen LogP) is 4.15. The molecule has 1 aliphatic heterocycles. The SMILES string of the molecule is COc1ccccc1CN(C)CC(=O)c1cc(C)n(-c2ccc3c(c2)OCO3)c1C. The molecule has 6 nitrogen and oxygen atoms in total. The Hall–Kier alpha value is -3.25. The molecule has 30 heavy (non-hydrogen) atoms. The topological polar surface area (TPSA) is 52.9 Å². The van der Waals surface area contributed by atoms with Crippen molar-refractivity contribution in [3.8, 4) is 22.9 Å². The van der Waals surface area contributed by atoms with E-state index in [4.69, 9.17) is 14.2 Å². The molecule has 0 saturated heterocycles. The van der Waals surface area contributed by atoms with Gasteiger partial charge in [-0.15, -0.1) is 0 Å². The fraction of sp³-hybridized carbons (Fsp3) is 0.292. The molecular formula is C24H26N2O4. The number of carbonyl (C=O) groups excluding carboxylic acids is 1. The summed E-state index contributed by atoms with van der Waals surface area (Å²) < 4.78 is 18.4. The van der Waals surface area contributed by atoms with Crippen LogP contribution in [0.15, 0.2) is 48.5 Å². The molecule has 0 amide bonds. The summed E-state index contributed by atoms with van der Waals surface area (Å²) in [7, 11) is 3.61. The number of benzene rings is 2. The minimum atomic E-state index is 0.0903. The van der Waals surface area contributed by atoms with Crippen LogP contribution in [0.1, 0.15) is 27.3 Å². The molecule has 4 rings (SSSR count). The lowest BCUT2D eigenvalue weighted by Gasteiger charge is -2.18. The van der Waals surface area contributed by atoms with Crippen LogP contribution in [0.4, 0.5) is 0 Å². The van der Waals surface area contributed by atoms with E-state index < -0.39 is 0 Å². The highest BCUT2D eigenvalue weighted by Gasteiger charge is 2.20. The van der Waals surface area contributed by atoms with Gasteiger partial charge in [-0.3, -0.25) is 9.69 Å². The minimum Gasteiger partial charge on any atom is -0.496 e. The van der Waals surface area contributed by atoms with Gasteiger partial charge in [0.15, 0.2) is 17.3 Å². The number of methoxy groups -OCH3 is 1. The van der Waals surface area contributed by atoms with Crippen LogP contribution in [-0.4, -0.2) is 42.7 Å². The first-order valence-corrected chi connectivity index (χ1v) is 9.90. The van der Waals surface area contributed by atoms with Crippen molar-refractivity contribution < 1.29 is 19.0 Å². The standard InChI is InChI=1S/C24H26N2O4/c1-16-11-20(17(2)26(16)19-9-10-23-24(12-19)30-15-29-23)21(27)14-25(3)13-18-7-5-6-8-22(18)28-4/h5-12H,13-15H2,1-4H3. The minimum absolute atomic E-state index is 0.0903. The second kappa shape index (κ2) is 8.24. The first-order chi connectivity index (χ1) is 14.5. The lowest BCUT2D eigenvalue weighted by molar-refractivity contribution is 0.0942. The van der Waals surface area contributed by atoms with E-state index in [-0.39, 0.29) is 12.6 Å². The van der Waals surface area contributed by atoms with Crippen LogP contribution in [0, 0.1) is 13.8 Å². The Morgan fingerprint density at radius 2 is 1.87 bits per heavy atom. The van der Waals surface area contributed by atoms with Gasteiger partial charge in [0, 0.05) is 40.8 Å². The average molecular weight is 406 g/mol. The van der Waals surface area contributed by atoms with Crippen molar-refractivity contribution in [2.75, 3.05) is 27.5 Å². The van der Waals surface area contributed by atoms with Gasteiger partial charge in [-0.2, -0.15) is 0 Å². The van der Waals surface area contributed by atoms with E-state index in [1.165, 1.54) is 0 Å². The molecule has 0 atom stereocenters. The Balaban J connectivity index is 1.53. The fourth-order valence-corrected chi connectivity index (χ4v) is 3.98. The lowest BCUT2D eigenvalue weighted by atomic mass is 10.1. The second-order valence-electron chi connectivity index (χ2n) is 7.57. The van der Waals surface area contributed by atoms with E-state index in [0.717, 1.165) is 45.5 Å². The smallest absolute Gasteiger partial charge is 0.231 e. The van der Waals surface area contributed by atoms with Gasteiger partial charge in [0.05, 0.1) is 13.7 Å². The summed E-state index contributed by atoms with van der Waals surface area (Å²) in [5, 5.41) is 0.